The lowest BCUT2D eigenvalue weighted by Gasteiger charge is -2.12. The third-order valence-electron chi connectivity index (χ3n) is 3.99. The lowest BCUT2D eigenvalue weighted by atomic mass is 10.1. The van der Waals surface area contributed by atoms with Crippen molar-refractivity contribution >= 4 is 43.4 Å². The van der Waals surface area contributed by atoms with Gasteiger partial charge in [-0.05, 0) is 31.2 Å². The first kappa shape index (κ1) is 19.7. The summed E-state index contributed by atoms with van der Waals surface area (Å²) >= 11 is 1.41. The molecule has 1 aromatic heterocycles. The minimum atomic E-state index is -1.18. The number of carbonyl (C=O) groups is 2. The third-order valence-corrected chi connectivity index (χ3v) is 5.12. The summed E-state index contributed by atoms with van der Waals surface area (Å²) in [6.45, 7) is 4.23. The van der Waals surface area contributed by atoms with Crippen LogP contribution < -0.4 is 5.43 Å². The van der Waals surface area contributed by atoms with Gasteiger partial charge >= 0.3 is 11.9 Å². The van der Waals surface area contributed by atoms with Crippen LogP contribution in [0.5, 0.6) is 0 Å². The van der Waals surface area contributed by atoms with Crippen molar-refractivity contribution in [3.8, 4) is 0 Å². The van der Waals surface area contributed by atoms with Crippen LogP contribution in [0.15, 0.2) is 59.4 Å². The molecule has 7 heteroatoms. The Morgan fingerprint density at radius 1 is 1.07 bits per heavy atom. The van der Waals surface area contributed by atoms with E-state index in [9.17, 15) is 19.5 Å². The highest BCUT2D eigenvalue weighted by atomic mass is 32.1. The Balaban J connectivity index is 1.80. The molecule has 0 aliphatic rings. The summed E-state index contributed by atoms with van der Waals surface area (Å²) in [5.41, 5.74) is 0.0971. The maximum Gasteiger partial charge on any atom is 0.339 e. The number of carbonyl (C=O) groups excluding carboxylic acids is 2. The summed E-state index contributed by atoms with van der Waals surface area (Å²) in [4.78, 5) is 36.7. The molecule has 0 saturated heterocycles. The molecule has 0 unspecified atom stereocenters. The minimum absolute atomic E-state index is 0.135. The van der Waals surface area contributed by atoms with Crippen LogP contribution in [0.1, 0.15) is 17.3 Å². The molecule has 0 bridgehead atoms. The van der Waals surface area contributed by atoms with Gasteiger partial charge in [-0.25, -0.2) is 9.59 Å². The van der Waals surface area contributed by atoms with Gasteiger partial charge in [0.1, 0.15) is 19.3 Å². The van der Waals surface area contributed by atoms with E-state index in [4.69, 9.17) is 9.47 Å². The largest absolute Gasteiger partial charge is 0.459 e. The van der Waals surface area contributed by atoms with E-state index in [2.05, 4.69) is 6.58 Å². The van der Waals surface area contributed by atoms with Gasteiger partial charge in [0.05, 0.1) is 10.9 Å². The zero-order chi connectivity index (χ0) is 20.3. The second-order valence-corrected chi connectivity index (χ2v) is 7.32. The molecular formula is C21H18O6S. The third kappa shape index (κ3) is 4.11. The Bertz CT molecular complexity index is 1130. The first-order chi connectivity index (χ1) is 13.4. The van der Waals surface area contributed by atoms with Gasteiger partial charge in [0.15, 0.2) is 5.43 Å². The molecular weight excluding hydrogens is 380 g/mol. The van der Waals surface area contributed by atoms with Gasteiger partial charge in [-0.15, -0.1) is 11.3 Å². The second-order valence-electron chi connectivity index (χ2n) is 6.24. The molecule has 1 heterocycles. The van der Waals surface area contributed by atoms with Crippen molar-refractivity contribution in [2.24, 2.45) is 0 Å². The fourth-order valence-corrected chi connectivity index (χ4v) is 3.72. The van der Waals surface area contributed by atoms with E-state index in [0.29, 0.717) is 15.5 Å². The Hall–Kier alpha value is -3.03. The van der Waals surface area contributed by atoms with E-state index < -0.39 is 18.0 Å². The van der Waals surface area contributed by atoms with E-state index in [1.54, 1.807) is 24.3 Å². The van der Waals surface area contributed by atoms with Gasteiger partial charge in [-0.2, -0.15) is 0 Å². The van der Waals surface area contributed by atoms with Crippen molar-refractivity contribution in [1.82, 2.24) is 0 Å². The van der Waals surface area contributed by atoms with Crippen LogP contribution in [-0.4, -0.2) is 36.4 Å². The molecule has 0 fully saturated rings. The van der Waals surface area contributed by atoms with E-state index in [1.165, 1.54) is 24.3 Å². The number of ether oxygens (including phenoxy) is 2. The van der Waals surface area contributed by atoms with Crippen LogP contribution in [0.3, 0.4) is 0 Å². The number of aliphatic hydroxyl groups excluding tert-OH is 1. The summed E-state index contributed by atoms with van der Waals surface area (Å²) < 4.78 is 11.4. The number of aliphatic hydroxyl groups is 1. The molecule has 0 spiro atoms. The first-order valence-corrected chi connectivity index (χ1v) is 9.32. The highest BCUT2D eigenvalue weighted by Gasteiger charge is 2.18. The molecule has 2 aromatic carbocycles. The maximum absolute atomic E-state index is 12.9. The SMILES string of the molecule is C=C(C)C(=O)OC[C@H](O)COC(=O)c1cccc2sc3ccccc3c(=O)c12. The van der Waals surface area contributed by atoms with Crippen LogP contribution >= 0.6 is 11.3 Å². The molecule has 3 aromatic rings. The Labute approximate surface area is 164 Å². The van der Waals surface area contributed by atoms with Gasteiger partial charge in [0.25, 0.3) is 0 Å². The highest BCUT2D eigenvalue weighted by molar-refractivity contribution is 7.24. The number of fused-ring (bicyclic) bond motifs is 2. The number of rotatable bonds is 6. The van der Waals surface area contributed by atoms with Crippen molar-refractivity contribution in [2.45, 2.75) is 13.0 Å². The summed E-state index contributed by atoms with van der Waals surface area (Å²) in [7, 11) is 0. The quantitative estimate of drug-likeness (QED) is 0.390. The molecule has 0 aliphatic heterocycles. The lowest BCUT2D eigenvalue weighted by Crippen LogP contribution is -2.25. The van der Waals surface area contributed by atoms with Gasteiger partial charge in [0.2, 0.25) is 0 Å². The van der Waals surface area contributed by atoms with Crippen molar-refractivity contribution in [1.29, 1.82) is 0 Å². The fraction of sp³-hybridized carbons (Fsp3) is 0.190. The molecule has 0 saturated carbocycles. The molecule has 1 atom stereocenters. The number of hydrogen-bond acceptors (Lipinski definition) is 7. The van der Waals surface area contributed by atoms with E-state index in [-0.39, 0.29) is 29.8 Å². The Morgan fingerprint density at radius 2 is 1.75 bits per heavy atom. The maximum atomic E-state index is 12.9. The van der Waals surface area contributed by atoms with Crippen molar-refractivity contribution in [3.63, 3.8) is 0 Å². The van der Waals surface area contributed by atoms with Crippen molar-refractivity contribution in [3.05, 3.63) is 70.4 Å². The zero-order valence-electron chi connectivity index (χ0n) is 15.1. The normalized spacial score (nSPS) is 11.9. The second kappa shape index (κ2) is 8.33. The average molecular weight is 398 g/mol. The lowest BCUT2D eigenvalue weighted by molar-refractivity contribution is -0.142. The van der Waals surface area contributed by atoms with Crippen LogP contribution in [0.4, 0.5) is 0 Å². The van der Waals surface area contributed by atoms with Gasteiger partial charge in [-0.3, -0.25) is 4.79 Å². The van der Waals surface area contributed by atoms with Gasteiger partial charge in [-0.1, -0.05) is 24.8 Å². The first-order valence-electron chi connectivity index (χ1n) is 8.51. The molecule has 28 heavy (non-hydrogen) atoms. The number of esters is 2. The molecule has 0 amide bonds. The van der Waals surface area contributed by atoms with Crippen molar-refractivity contribution < 1.29 is 24.2 Å². The predicted octanol–water partition coefficient (Wildman–Crippen LogP) is 3.05. The summed E-state index contributed by atoms with van der Waals surface area (Å²) in [5, 5.41) is 10.7. The molecule has 1 N–H and O–H groups in total. The van der Waals surface area contributed by atoms with E-state index >= 15 is 0 Å². The predicted molar refractivity (Wildman–Crippen MR) is 108 cm³/mol. The summed E-state index contributed by atoms with van der Waals surface area (Å²) in [6.07, 6.45) is -1.18. The fourth-order valence-electron chi connectivity index (χ4n) is 2.61. The van der Waals surface area contributed by atoms with Crippen molar-refractivity contribution in [2.75, 3.05) is 13.2 Å². The highest BCUT2D eigenvalue weighted by Crippen LogP contribution is 2.26. The average Bonchev–Trinajstić information content (AvgIpc) is 2.69. The van der Waals surface area contributed by atoms with Crippen LogP contribution in [0.2, 0.25) is 0 Å². The molecule has 144 valence electrons. The smallest absolute Gasteiger partial charge is 0.339 e. The molecule has 0 aliphatic carbocycles. The van der Waals surface area contributed by atoms with Crippen LogP contribution in [0.25, 0.3) is 20.2 Å². The minimum Gasteiger partial charge on any atom is -0.459 e. The van der Waals surface area contributed by atoms with Gasteiger partial charge < -0.3 is 14.6 Å². The molecule has 3 rings (SSSR count). The molecule has 6 nitrogen and oxygen atoms in total. The topological polar surface area (TPSA) is 89.9 Å². The molecule has 0 radical (unpaired) electrons. The Kier molecular flexibility index (Phi) is 5.87. The van der Waals surface area contributed by atoms with E-state index in [0.717, 1.165) is 4.70 Å². The number of hydrogen-bond donors (Lipinski definition) is 1. The van der Waals surface area contributed by atoms with Crippen LogP contribution in [0, 0.1) is 0 Å². The summed E-state index contributed by atoms with van der Waals surface area (Å²) in [5.74, 6) is -1.36. The van der Waals surface area contributed by atoms with Crippen LogP contribution in [-0.2, 0) is 14.3 Å². The van der Waals surface area contributed by atoms with Gasteiger partial charge in [0, 0.05) is 20.4 Å². The Morgan fingerprint density at radius 3 is 2.50 bits per heavy atom. The standard InChI is InChI=1S/C21H18O6S/c1-12(2)20(24)26-10-13(22)11-27-21(25)15-7-5-9-17-18(15)19(23)14-6-3-4-8-16(14)28-17/h3-9,13,22H,1,10-11H2,2H3/t13-/m0/s1. The van der Waals surface area contributed by atoms with E-state index in [1.807, 2.05) is 12.1 Å². The summed E-state index contributed by atoms with van der Waals surface area (Å²) in [6, 6.07) is 12.2. The zero-order valence-corrected chi connectivity index (χ0v) is 16.0. The number of benzene rings is 2. The monoisotopic (exact) mass is 398 g/mol.